The van der Waals surface area contributed by atoms with Gasteiger partial charge in [0.05, 0.1) is 14.1 Å². The van der Waals surface area contributed by atoms with Gasteiger partial charge in [0.15, 0.2) is 5.78 Å². The minimum atomic E-state index is -1.31. The molecule has 1 spiro atoms. The second-order valence-electron chi connectivity index (χ2n) is 9.69. The third-order valence-corrected chi connectivity index (χ3v) is 8.38. The summed E-state index contributed by atoms with van der Waals surface area (Å²) in [6.45, 7) is 0. The van der Waals surface area contributed by atoms with Gasteiger partial charge in [-0.05, 0) is 71.4 Å². The number of hydrogen-bond donors (Lipinski definition) is 1. The fourth-order valence-corrected chi connectivity index (χ4v) is 6.64. The van der Waals surface area contributed by atoms with E-state index in [1.807, 2.05) is 52.9 Å². The summed E-state index contributed by atoms with van der Waals surface area (Å²) in [5, 5.41) is 15.2. The van der Waals surface area contributed by atoms with Crippen LogP contribution >= 0.6 is 22.6 Å². The predicted molar refractivity (Wildman–Crippen MR) is 151 cm³/mol. The molecule has 2 aliphatic carbocycles. The molecule has 0 saturated heterocycles. The number of nitro benzene ring substituents is 1. The summed E-state index contributed by atoms with van der Waals surface area (Å²) in [6.07, 6.45) is 10.7. The number of halogens is 1. The monoisotopic (exact) mass is 623 g/mol. The number of nitro groups is 1. The summed E-state index contributed by atoms with van der Waals surface area (Å²) in [5.74, 6) is -1.16. The van der Waals surface area contributed by atoms with E-state index < -0.39 is 28.3 Å². The normalized spacial score (nSPS) is 19.8. The molecule has 3 aliphatic rings. The number of benzene rings is 2. The molecule has 8 nitrogen and oxygen atoms in total. The Kier molecular flexibility index (Phi) is 7.29. The first kappa shape index (κ1) is 26.0. The van der Waals surface area contributed by atoms with Crippen LogP contribution in [-0.2, 0) is 14.4 Å². The molecular weight excluding hydrogens is 597 g/mol. The first-order valence-electron chi connectivity index (χ1n) is 12.6. The van der Waals surface area contributed by atoms with Gasteiger partial charge in [-0.25, -0.2) is 0 Å². The molecule has 1 atom stereocenters. The Bertz CT molecular complexity index is 1380. The molecule has 2 aromatic carbocycles. The zero-order valence-corrected chi connectivity index (χ0v) is 22.7. The third-order valence-electron chi connectivity index (χ3n) is 7.38. The highest BCUT2D eigenvalue weighted by Gasteiger charge is 2.54. The Hall–Kier alpha value is -3.60. The highest BCUT2D eigenvalue weighted by atomic mass is 127. The molecule has 194 valence electrons. The Morgan fingerprint density at radius 1 is 1.00 bits per heavy atom. The van der Waals surface area contributed by atoms with Gasteiger partial charge >= 0.3 is 0 Å². The van der Waals surface area contributed by atoms with E-state index in [-0.39, 0.29) is 23.1 Å². The fourth-order valence-electron chi connectivity index (χ4n) is 5.64. The lowest BCUT2D eigenvalue weighted by Gasteiger charge is -2.42. The standard InChI is InChI=1S/C29H26IN3O5/c30-25-24(19-9-3-1-4-10-19)29(17-15-21(34)16-18-29)32(28(25)36)26(22-13-7-8-14-23(22)33(37)38)27(35)31-20-11-5-2-6-12-20/h1,3-4,7-10,13-18,20,26H,2,5-6,11-12H2,(H,31,35). The van der Waals surface area contributed by atoms with Crippen LogP contribution in [0.2, 0.25) is 0 Å². The van der Waals surface area contributed by atoms with E-state index in [2.05, 4.69) is 5.32 Å². The van der Waals surface area contributed by atoms with Crippen LogP contribution in [0.1, 0.15) is 49.3 Å². The summed E-state index contributed by atoms with van der Waals surface area (Å²) in [4.78, 5) is 53.4. The zero-order valence-electron chi connectivity index (χ0n) is 20.5. The van der Waals surface area contributed by atoms with Crippen LogP contribution < -0.4 is 5.32 Å². The minimum Gasteiger partial charge on any atom is -0.351 e. The molecule has 1 aliphatic heterocycles. The van der Waals surface area contributed by atoms with Crippen LogP contribution in [0, 0.1) is 10.1 Å². The second kappa shape index (κ2) is 10.6. The van der Waals surface area contributed by atoms with Gasteiger partial charge in [-0.15, -0.1) is 0 Å². The molecule has 2 aromatic rings. The van der Waals surface area contributed by atoms with Crippen molar-refractivity contribution in [2.75, 3.05) is 0 Å². The highest BCUT2D eigenvalue weighted by Crippen LogP contribution is 2.51. The van der Waals surface area contributed by atoms with Crippen molar-refractivity contribution in [2.24, 2.45) is 0 Å². The first-order valence-corrected chi connectivity index (χ1v) is 13.7. The Morgan fingerprint density at radius 2 is 1.63 bits per heavy atom. The summed E-state index contributed by atoms with van der Waals surface area (Å²) in [6, 6.07) is 14.0. The predicted octanol–water partition coefficient (Wildman–Crippen LogP) is 5.21. The SMILES string of the molecule is O=C1C=CC2(C=C1)C(c1ccccc1)=C(I)C(=O)N2C(C(=O)NC1CCCCC1)c1ccccc1[N+](=O)[O-]. The van der Waals surface area contributed by atoms with Gasteiger partial charge in [0.2, 0.25) is 5.91 Å². The topological polar surface area (TPSA) is 110 Å². The Balaban J connectivity index is 1.70. The lowest BCUT2D eigenvalue weighted by atomic mass is 9.81. The van der Waals surface area contributed by atoms with Gasteiger partial charge in [-0.2, -0.15) is 0 Å². The second-order valence-corrected chi connectivity index (χ2v) is 10.8. The van der Waals surface area contributed by atoms with Crippen molar-refractivity contribution in [3.8, 4) is 0 Å². The van der Waals surface area contributed by atoms with Crippen molar-refractivity contribution in [3.63, 3.8) is 0 Å². The summed E-state index contributed by atoms with van der Waals surface area (Å²) in [7, 11) is 0. The van der Waals surface area contributed by atoms with Crippen LogP contribution in [0.15, 0.2) is 82.5 Å². The van der Waals surface area contributed by atoms with E-state index in [0.29, 0.717) is 9.15 Å². The van der Waals surface area contributed by atoms with Gasteiger partial charge < -0.3 is 10.2 Å². The maximum atomic E-state index is 14.1. The average Bonchev–Trinajstić information content (AvgIpc) is 3.13. The molecular formula is C29H26IN3O5. The third kappa shape index (κ3) is 4.59. The maximum absolute atomic E-state index is 14.1. The van der Waals surface area contributed by atoms with E-state index in [0.717, 1.165) is 37.7 Å². The lowest BCUT2D eigenvalue weighted by molar-refractivity contribution is -0.385. The van der Waals surface area contributed by atoms with Crippen LogP contribution in [0.25, 0.3) is 5.57 Å². The van der Waals surface area contributed by atoms with Crippen molar-refractivity contribution in [1.29, 1.82) is 0 Å². The molecule has 9 heteroatoms. The van der Waals surface area contributed by atoms with Crippen LogP contribution in [0.4, 0.5) is 5.69 Å². The molecule has 1 saturated carbocycles. The number of rotatable bonds is 6. The molecule has 0 radical (unpaired) electrons. The van der Waals surface area contributed by atoms with Crippen LogP contribution in [-0.4, -0.2) is 39.0 Å². The largest absolute Gasteiger partial charge is 0.351 e. The quantitative estimate of drug-likeness (QED) is 0.270. The molecule has 0 bridgehead atoms. The van der Waals surface area contributed by atoms with E-state index >= 15 is 0 Å². The molecule has 1 unspecified atom stereocenters. The number of carbonyl (C=O) groups excluding carboxylic acids is 3. The highest BCUT2D eigenvalue weighted by molar-refractivity contribution is 14.1. The smallest absolute Gasteiger partial charge is 0.275 e. The number of carbonyl (C=O) groups is 3. The molecule has 2 amide bonds. The van der Waals surface area contributed by atoms with E-state index in [1.54, 1.807) is 18.2 Å². The number of ketones is 1. The number of nitrogens with one attached hydrogen (secondary N) is 1. The van der Waals surface area contributed by atoms with Crippen molar-refractivity contribution >= 4 is 51.4 Å². The van der Waals surface area contributed by atoms with Crippen molar-refractivity contribution < 1.29 is 19.3 Å². The molecule has 0 aromatic heterocycles. The summed E-state index contributed by atoms with van der Waals surface area (Å²) >= 11 is 1.98. The van der Waals surface area contributed by atoms with Gasteiger partial charge in [0, 0.05) is 17.7 Å². The van der Waals surface area contributed by atoms with Crippen molar-refractivity contribution in [2.45, 2.75) is 49.7 Å². The lowest BCUT2D eigenvalue weighted by Crippen LogP contribution is -2.53. The molecule has 38 heavy (non-hydrogen) atoms. The number of nitrogens with zero attached hydrogens (tertiary/aromatic N) is 2. The molecule has 1 heterocycles. The average molecular weight is 623 g/mol. The van der Waals surface area contributed by atoms with Crippen molar-refractivity contribution in [3.05, 3.63) is 104 Å². The van der Waals surface area contributed by atoms with Crippen LogP contribution in [0.5, 0.6) is 0 Å². The van der Waals surface area contributed by atoms with Gasteiger partial charge in [0.1, 0.15) is 11.6 Å². The van der Waals surface area contributed by atoms with Gasteiger partial charge in [-0.1, -0.05) is 61.7 Å². The molecule has 1 fully saturated rings. The molecule has 5 rings (SSSR count). The van der Waals surface area contributed by atoms with E-state index in [4.69, 9.17) is 0 Å². The molecule has 1 N–H and O–H groups in total. The number of amides is 2. The van der Waals surface area contributed by atoms with E-state index in [9.17, 15) is 24.5 Å². The Morgan fingerprint density at radius 3 is 2.29 bits per heavy atom. The number of para-hydroxylation sites is 1. The van der Waals surface area contributed by atoms with Crippen LogP contribution in [0.3, 0.4) is 0 Å². The minimum absolute atomic E-state index is 0.0742. The van der Waals surface area contributed by atoms with Gasteiger partial charge in [0.25, 0.3) is 11.6 Å². The maximum Gasteiger partial charge on any atom is 0.275 e. The van der Waals surface area contributed by atoms with E-state index in [1.165, 1.54) is 35.3 Å². The summed E-state index contributed by atoms with van der Waals surface area (Å²) < 4.78 is 0.381. The Labute approximate surface area is 233 Å². The van der Waals surface area contributed by atoms with Crippen molar-refractivity contribution in [1.82, 2.24) is 10.2 Å². The number of hydrogen-bond acceptors (Lipinski definition) is 5. The fraction of sp³-hybridized carbons (Fsp3) is 0.276. The van der Waals surface area contributed by atoms with Gasteiger partial charge in [-0.3, -0.25) is 24.5 Å². The number of allylic oxidation sites excluding steroid dienone is 2. The summed E-state index contributed by atoms with van der Waals surface area (Å²) in [5.41, 5.74) is -0.0395. The first-order chi connectivity index (χ1) is 18.3. The zero-order chi connectivity index (χ0) is 26.9.